The number of hydrogen-bond donors (Lipinski definition) is 0. The van der Waals surface area contributed by atoms with E-state index in [1.165, 1.54) is 54.1 Å². The molecule has 3 nitrogen and oxygen atoms in total. The molecule has 6 rings (SSSR count). The van der Waals surface area contributed by atoms with Gasteiger partial charge in [0.1, 0.15) is 5.52 Å². The van der Waals surface area contributed by atoms with Crippen molar-refractivity contribution < 1.29 is 4.57 Å². The van der Waals surface area contributed by atoms with Crippen LogP contribution in [0.5, 0.6) is 0 Å². The van der Waals surface area contributed by atoms with E-state index in [0.717, 1.165) is 5.52 Å². The van der Waals surface area contributed by atoms with Crippen LogP contribution in [0.4, 0.5) is 0 Å². The van der Waals surface area contributed by atoms with Crippen LogP contribution in [-0.2, 0) is 7.05 Å². The number of fused-ring (bicyclic) bond motifs is 6. The number of rotatable bonds is 1. The minimum Gasteiger partial charge on any atom is -0.307 e. The van der Waals surface area contributed by atoms with Crippen molar-refractivity contribution in [1.82, 2.24) is 9.38 Å². The Bertz CT molecular complexity index is 1530. The average molecular weight is 368 g/mol. The van der Waals surface area contributed by atoms with Crippen LogP contribution in [0.25, 0.3) is 49.1 Å². The van der Waals surface area contributed by atoms with E-state index in [0.29, 0.717) is 0 Å². The van der Waals surface area contributed by atoms with Crippen molar-refractivity contribution in [2.24, 2.45) is 7.05 Å². The number of pyridine rings is 1. The summed E-state index contributed by atoms with van der Waals surface area (Å²) in [6.07, 6.45) is 4.10. The Labute approximate surface area is 160 Å². The summed E-state index contributed by atoms with van der Waals surface area (Å²) in [4.78, 5) is 6.07. The molecule has 0 unspecified atom stereocenters. The fourth-order valence-electron chi connectivity index (χ4n) is 4.69. The molecule has 0 saturated heterocycles. The third kappa shape index (κ3) is 1.74. The van der Waals surface area contributed by atoms with E-state index in [1.807, 2.05) is 6.33 Å². The molecule has 0 fully saturated rings. The van der Waals surface area contributed by atoms with Gasteiger partial charge in [0.25, 0.3) is 6.33 Å². The highest BCUT2D eigenvalue weighted by atomic mass is 32.2. The summed E-state index contributed by atoms with van der Waals surface area (Å²) in [6.45, 7) is 2.20. The highest BCUT2D eigenvalue weighted by Crippen LogP contribution is 2.43. The zero-order chi connectivity index (χ0) is 18.3. The lowest BCUT2D eigenvalue weighted by atomic mass is 10.0. The van der Waals surface area contributed by atoms with Crippen molar-refractivity contribution in [1.29, 1.82) is 0 Å². The second-order valence-electron chi connectivity index (χ2n) is 7.22. The molecule has 0 saturated carbocycles. The maximum Gasteiger partial charge on any atom is 0.287 e. The molecule has 27 heavy (non-hydrogen) atoms. The molecule has 0 amide bonds. The van der Waals surface area contributed by atoms with E-state index in [2.05, 4.69) is 77.7 Å². The van der Waals surface area contributed by atoms with Crippen molar-refractivity contribution in [2.45, 2.75) is 11.8 Å². The molecular weight excluding hydrogens is 350 g/mol. The summed E-state index contributed by atoms with van der Waals surface area (Å²) in [7, 11) is 2.10. The van der Waals surface area contributed by atoms with Gasteiger partial charge in [-0.15, -0.1) is 11.8 Å². The Morgan fingerprint density at radius 2 is 1.78 bits per heavy atom. The molecule has 3 aromatic heterocycles. The van der Waals surface area contributed by atoms with E-state index in [4.69, 9.17) is 4.98 Å². The van der Waals surface area contributed by atoms with Gasteiger partial charge in [-0.3, -0.25) is 0 Å². The van der Waals surface area contributed by atoms with Crippen LogP contribution in [0.15, 0.2) is 59.8 Å². The first kappa shape index (κ1) is 15.2. The summed E-state index contributed by atoms with van der Waals surface area (Å²) in [5.74, 6) is 0. The second-order valence-corrected chi connectivity index (χ2v) is 8.07. The van der Waals surface area contributed by atoms with Gasteiger partial charge in [0, 0.05) is 27.1 Å². The lowest BCUT2D eigenvalue weighted by Crippen LogP contribution is -2.30. The minimum atomic E-state index is 1.07. The number of nitrogens with zero attached hydrogens (tertiary/aromatic N) is 3. The van der Waals surface area contributed by atoms with E-state index >= 15 is 0 Å². The number of para-hydroxylation sites is 1. The SMILES string of the molecule is CSc1cc2nc[n+](C)c3c4c(C)cccc4n4c5ccccc5c1c4c23. The van der Waals surface area contributed by atoms with Gasteiger partial charge < -0.3 is 4.40 Å². The van der Waals surface area contributed by atoms with Crippen LogP contribution in [0.1, 0.15) is 5.56 Å². The quantitative estimate of drug-likeness (QED) is 0.171. The van der Waals surface area contributed by atoms with E-state index in [9.17, 15) is 0 Å². The molecule has 0 aliphatic heterocycles. The highest BCUT2D eigenvalue weighted by Gasteiger charge is 2.25. The number of hydrogen-bond acceptors (Lipinski definition) is 2. The van der Waals surface area contributed by atoms with Crippen molar-refractivity contribution in [3.63, 3.8) is 0 Å². The molecule has 0 aliphatic carbocycles. The number of aromatic nitrogens is 3. The number of aryl methyl sites for hydroxylation is 2. The smallest absolute Gasteiger partial charge is 0.287 e. The van der Waals surface area contributed by atoms with Gasteiger partial charge in [-0.1, -0.05) is 30.3 Å². The topological polar surface area (TPSA) is 21.2 Å². The van der Waals surface area contributed by atoms with Gasteiger partial charge >= 0.3 is 0 Å². The standard InChI is InChI=1S/C23H18N3S/c1-13-7-6-10-17-19(13)22-21-15(24-12-25(22)2)11-18(27-3)20-14-8-4-5-9-16(14)26(17)23(20)21/h4-12H,1-3H3/q+1. The zero-order valence-electron chi connectivity index (χ0n) is 15.4. The van der Waals surface area contributed by atoms with E-state index < -0.39 is 0 Å². The maximum atomic E-state index is 4.78. The largest absolute Gasteiger partial charge is 0.307 e. The Kier molecular flexibility index (Phi) is 2.88. The molecule has 0 spiro atoms. The lowest BCUT2D eigenvalue weighted by molar-refractivity contribution is -0.646. The zero-order valence-corrected chi connectivity index (χ0v) is 16.3. The summed E-state index contributed by atoms with van der Waals surface area (Å²) in [5.41, 5.74) is 7.43. The fraction of sp³-hybridized carbons (Fsp3) is 0.130. The predicted molar refractivity (Wildman–Crippen MR) is 114 cm³/mol. The lowest BCUT2D eigenvalue weighted by Gasteiger charge is -2.13. The Hall–Kier alpha value is -2.85. The first-order chi connectivity index (χ1) is 13.2. The number of thioether (sulfide) groups is 1. The van der Waals surface area contributed by atoms with Crippen molar-refractivity contribution in [3.05, 3.63) is 60.4 Å². The highest BCUT2D eigenvalue weighted by molar-refractivity contribution is 7.98. The van der Waals surface area contributed by atoms with Gasteiger partial charge in [0.15, 0.2) is 5.52 Å². The van der Waals surface area contributed by atoms with Crippen molar-refractivity contribution in [2.75, 3.05) is 6.26 Å². The van der Waals surface area contributed by atoms with Crippen LogP contribution >= 0.6 is 11.8 Å². The Morgan fingerprint density at radius 3 is 2.63 bits per heavy atom. The molecule has 0 radical (unpaired) electrons. The molecule has 3 heterocycles. The van der Waals surface area contributed by atoms with Crippen LogP contribution < -0.4 is 4.57 Å². The molecule has 0 bridgehead atoms. The molecule has 4 heteroatoms. The second kappa shape index (κ2) is 5.11. The number of benzene rings is 3. The first-order valence-electron chi connectivity index (χ1n) is 9.09. The molecule has 130 valence electrons. The Morgan fingerprint density at radius 1 is 0.963 bits per heavy atom. The van der Waals surface area contributed by atoms with E-state index in [1.54, 1.807) is 11.8 Å². The monoisotopic (exact) mass is 368 g/mol. The van der Waals surface area contributed by atoms with Gasteiger partial charge in [0.2, 0.25) is 0 Å². The first-order valence-corrected chi connectivity index (χ1v) is 10.3. The van der Waals surface area contributed by atoms with Crippen molar-refractivity contribution >= 4 is 60.9 Å². The van der Waals surface area contributed by atoms with Crippen LogP contribution in [0, 0.1) is 6.92 Å². The maximum absolute atomic E-state index is 4.78. The van der Waals surface area contributed by atoms with Crippen LogP contribution in [0.2, 0.25) is 0 Å². The van der Waals surface area contributed by atoms with Gasteiger partial charge in [-0.05, 0) is 35.9 Å². The molecular formula is C23H18N3S+. The molecule has 0 aliphatic rings. The van der Waals surface area contributed by atoms with Crippen LogP contribution in [-0.4, -0.2) is 15.6 Å². The Balaban J connectivity index is 2.16. The average Bonchev–Trinajstić information content (AvgIpc) is 3.04. The summed E-state index contributed by atoms with van der Waals surface area (Å²) < 4.78 is 4.62. The van der Waals surface area contributed by atoms with Gasteiger partial charge in [0.05, 0.1) is 29.0 Å². The molecule has 6 aromatic rings. The third-order valence-electron chi connectivity index (χ3n) is 5.79. The summed E-state index contributed by atoms with van der Waals surface area (Å²) in [5, 5.41) is 5.21. The summed E-state index contributed by atoms with van der Waals surface area (Å²) >= 11 is 1.80. The van der Waals surface area contributed by atoms with Crippen LogP contribution in [0.3, 0.4) is 0 Å². The predicted octanol–water partition coefficient (Wildman–Crippen LogP) is 5.24. The fourth-order valence-corrected chi connectivity index (χ4v) is 5.33. The van der Waals surface area contributed by atoms with Gasteiger partial charge in [-0.2, -0.15) is 0 Å². The van der Waals surface area contributed by atoms with Crippen molar-refractivity contribution in [3.8, 4) is 0 Å². The molecule has 0 N–H and O–H groups in total. The third-order valence-corrected chi connectivity index (χ3v) is 6.55. The summed E-state index contributed by atoms with van der Waals surface area (Å²) in [6, 6.07) is 17.6. The molecule has 3 aromatic carbocycles. The molecule has 0 atom stereocenters. The van der Waals surface area contributed by atoms with Gasteiger partial charge in [-0.25, -0.2) is 4.57 Å². The minimum absolute atomic E-state index is 1.07. The van der Waals surface area contributed by atoms with E-state index in [-0.39, 0.29) is 0 Å². The normalized spacial score (nSPS) is 12.4.